The Morgan fingerprint density at radius 1 is 1.11 bits per heavy atom. The molecule has 9 heteroatoms. The Labute approximate surface area is 210 Å². The first-order chi connectivity index (χ1) is 17.4. The molecule has 0 aliphatic carbocycles. The lowest BCUT2D eigenvalue weighted by atomic mass is 10.1. The molecule has 0 unspecified atom stereocenters. The standard InChI is InChI=1S/C27H31N5O4/c1-19-4-5-22(14-20(19)2)30-25(33)17-36-24-8-6-23(7-9-24)32-16-21(15-26(32)34)27(35)29-10-3-12-31-13-11-28-18-31/h4-9,11,13-14,18,21H,3,10,12,15-17H2,1-2H3,(H,29,35)(H,30,33)/t21-/m0/s1. The van der Waals surface area contributed by atoms with Gasteiger partial charge in [0.05, 0.1) is 12.2 Å². The van der Waals surface area contributed by atoms with Gasteiger partial charge in [-0.15, -0.1) is 0 Å². The van der Waals surface area contributed by atoms with E-state index < -0.39 is 0 Å². The van der Waals surface area contributed by atoms with Gasteiger partial charge >= 0.3 is 0 Å². The van der Waals surface area contributed by atoms with Gasteiger partial charge in [0.2, 0.25) is 11.8 Å². The third-order valence-electron chi connectivity index (χ3n) is 6.26. The molecule has 1 aromatic heterocycles. The van der Waals surface area contributed by atoms with E-state index in [0.717, 1.165) is 29.8 Å². The van der Waals surface area contributed by atoms with Crippen LogP contribution in [-0.2, 0) is 20.9 Å². The number of hydrogen-bond acceptors (Lipinski definition) is 5. The number of aromatic nitrogens is 2. The Morgan fingerprint density at radius 3 is 2.64 bits per heavy atom. The highest BCUT2D eigenvalue weighted by Crippen LogP contribution is 2.27. The van der Waals surface area contributed by atoms with Crippen molar-refractivity contribution < 1.29 is 19.1 Å². The Balaban J connectivity index is 1.22. The van der Waals surface area contributed by atoms with E-state index in [1.54, 1.807) is 41.7 Å². The summed E-state index contributed by atoms with van der Waals surface area (Å²) in [5.41, 5.74) is 3.69. The van der Waals surface area contributed by atoms with Gasteiger partial charge in [-0.3, -0.25) is 14.4 Å². The minimum absolute atomic E-state index is 0.0880. The molecule has 1 fully saturated rings. The molecule has 4 rings (SSSR count). The molecule has 0 saturated carbocycles. The van der Waals surface area contributed by atoms with Gasteiger partial charge in [0, 0.05) is 49.8 Å². The van der Waals surface area contributed by atoms with Gasteiger partial charge in [-0.25, -0.2) is 4.98 Å². The van der Waals surface area contributed by atoms with E-state index in [9.17, 15) is 14.4 Å². The van der Waals surface area contributed by atoms with Crippen LogP contribution in [0.1, 0.15) is 24.0 Å². The summed E-state index contributed by atoms with van der Waals surface area (Å²) < 4.78 is 7.55. The van der Waals surface area contributed by atoms with E-state index in [1.807, 2.05) is 42.8 Å². The summed E-state index contributed by atoms with van der Waals surface area (Å²) in [6.45, 7) is 5.54. The predicted octanol–water partition coefficient (Wildman–Crippen LogP) is 3.08. The van der Waals surface area contributed by atoms with Crippen LogP contribution in [0.4, 0.5) is 11.4 Å². The lowest BCUT2D eigenvalue weighted by Crippen LogP contribution is -2.33. The summed E-state index contributed by atoms with van der Waals surface area (Å²) in [6.07, 6.45) is 6.32. The molecule has 1 atom stereocenters. The van der Waals surface area contributed by atoms with Crippen molar-refractivity contribution in [3.8, 4) is 5.75 Å². The van der Waals surface area contributed by atoms with E-state index in [1.165, 1.54) is 0 Å². The minimum Gasteiger partial charge on any atom is -0.484 e. The average molecular weight is 490 g/mol. The number of carbonyl (C=O) groups excluding carboxylic acids is 3. The maximum atomic E-state index is 12.5. The van der Waals surface area contributed by atoms with Crippen molar-refractivity contribution >= 4 is 29.1 Å². The number of aryl methyl sites for hydroxylation is 3. The van der Waals surface area contributed by atoms with Gasteiger partial charge in [0.1, 0.15) is 5.75 Å². The van der Waals surface area contributed by atoms with Crippen LogP contribution in [0.25, 0.3) is 0 Å². The smallest absolute Gasteiger partial charge is 0.262 e. The third kappa shape index (κ3) is 6.50. The second-order valence-electron chi connectivity index (χ2n) is 8.98. The number of nitrogens with zero attached hydrogens (tertiary/aromatic N) is 3. The fourth-order valence-corrected chi connectivity index (χ4v) is 4.06. The number of hydrogen-bond donors (Lipinski definition) is 2. The summed E-state index contributed by atoms with van der Waals surface area (Å²) in [6, 6.07) is 12.7. The zero-order valence-electron chi connectivity index (χ0n) is 20.6. The highest BCUT2D eigenvalue weighted by molar-refractivity contribution is 6.00. The molecule has 0 spiro atoms. The number of ether oxygens (including phenoxy) is 1. The molecule has 1 saturated heterocycles. The van der Waals surface area contributed by atoms with Crippen LogP contribution < -0.4 is 20.3 Å². The molecule has 3 aromatic rings. The molecule has 0 bridgehead atoms. The Bertz CT molecular complexity index is 1210. The van der Waals surface area contributed by atoms with Crippen LogP contribution in [0.5, 0.6) is 5.75 Å². The van der Waals surface area contributed by atoms with Crippen LogP contribution in [-0.4, -0.2) is 47.0 Å². The van der Waals surface area contributed by atoms with Gasteiger partial charge < -0.3 is 24.8 Å². The SMILES string of the molecule is Cc1ccc(NC(=O)COc2ccc(N3C[C@@H](C(=O)NCCCn4ccnc4)CC3=O)cc2)cc1C. The summed E-state index contributed by atoms with van der Waals surface area (Å²) in [4.78, 5) is 42.9. The van der Waals surface area contributed by atoms with Gasteiger partial charge in [0.15, 0.2) is 6.61 Å². The number of anilines is 2. The highest BCUT2D eigenvalue weighted by Gasteiger charge is 2.34. The first-order valence-corrected chi connectivity index (χ1v) is 12.0. The molecular weight excluding hydrogens is 458 g/mol. The Kier molecular flexibility index (Phi) is 7.99. The first kappa shape index (κ1) is 25.0. The maximum absolute atomic E-state index is 12.5. The summed E-state index contributed by atoms with van der Waals surface area (Å²) in [5, 5.41) is 5.75. The average Bonchev–Trinajstić information content (AvgIpc) is 3.53. The molecule has 2 N–H and O–H groups in total. The molecule has 3 amide bonds. The summed E-state index contributed by atoms with van der Waals surface area (Å²) in [5.74, 6) is -0.305. The second-order valence-corrected chi connectivity index (χ2v) is 8.98. The fourth-order valence-electron chi connectivity index (χ4n) is 4.06. The van der Waals surface area contributed by atoms with Gasteiger partial charge in [0.25, 0.3) is 5.91 Å². The van der Waals surface area contributed by atoms with Crippen molar-refractivity contribution in [1.29, 1.82) is 0 Å². The van der Waals surface area contributed by atoms with E-state index >= 15 is 0 Å². The van der Waals surface area contributed by atoms with Crippen molar-refractivity contribution in [3.05, 3.63) is 72.3 Å². The zero-order chi connectivity index (χ0) is 25.5. The van der Waals surface area contributed by atoms with Crippen LogP contribution in [0.15, 0.2) is 61.2 Å². The van der Waals surface area contributed by atoms with E-state index in [-0.39, 0.29) is 36.7 Å². The number of imidazole rings is 1. The van der Waals surface area contributed by atoms with Crippen LogP contribution in [0, 0.1) is 19.8 Å². The molecule has 2 aromatic carbocycles. The van der Waals surface area contributed by atoms with Crippen LogP contribution >= 0.6 is 0 Å². The first-order valence-electron chi connectivity index (χ1n) is 12.0. The normalized spacial score (nSPS) is 15.1. The summed E-state index contributed by atoms with van der Waals surface area (Å²) in [7, 11) is 0. The molecular formula is C27H31N5O4. The number of nitrogens with one attached hydrogen (secondary N) is 2. The number of benzene rings is 2. The lowest BCUT2D eigenvalue weighted by molar-refractivity contribution is -0.126. The third-order valence-corrected chi connectivity index (χ3v) is 6.26. The second kappa shape index (κ2) is 11.5. The molecule has 1 aliphatic rings. The quantitative estimate of drug-likeness (QED) is 0.426. The van der Waals surface area contributed by atoms with E-state index in [2.05, 4.69) is 15.6 Å². The Hall–Kier alpha value is -4.14. The van der Waals surface area contributed by atoms with Crippen molar-refractivity contribution in [1.82, 2.24) is 14.9 Å². The van der Waals surface area contributed by atoms with Crippen molar-refractivity contribution in [2.24, 2.45) is 5.92 Å². The topological polar surface area (TPSA) is 106 Å². The van der Waals surface area contributed by atoms with Crippen LogP contribution in [0.2, 0.25) is 0 Å². The molecule has 0 radical (unpaired) electrons. The molecule has 2 heterocycles. The lowest BCUT2D eigenvalue weighted by Gasteiger charge is -2.17. The molecule has 36 heavy (non-hydrogen) atoms. The highest BCUT2D eigenvalue weighted by atomic mass is 16.5. The molecule has 9 nitrogen and oxygen atoms in total. The predicted molar refractivity (Wildman–Crippen MR) is 137 cm³/mol. The van der Waals surface area contributed by atoms with E-state index in [4.69, 9.17) is 4.74 Å². The molecule has 1 aliphatic heterocycles. The van der Waals surface area contributed by atoms with E-state index in [0.29, 0.717) is 24.5 Å². The molecule has 188 valence electrons. The van der Waals surface area contributed by atoms with Gasteiger partial charge in [-0.2, -0.15) is 0 Å². The van der Waals surface area contributed by atoms with Crippen molar-refractivity contribution in [2.75, 3.05) is 29.9 Å². The summed E-state index contributed by atoms with van der Waals surface area (Å²) >= 11 is 0. The van der Waals surface area contributed by atoms with Crippen LogP contribution in [0.3, 0.4) is 0 Å². The number of carbonyl (C=O) groups is 3. The number of amides is 3. The van der Waals surface area contributed by atoms with Crippen molar-refractivity contribution in [2.45, 2.75) is 33.2 Å². The van der Waals surface area contributed by atoms with Crippen molar-refractivity contribution in [3.63, 3.8) is 0 Å². The largest absolute Gasteiger partial charge is 0.484 e. The monoisotopic (exact) mass is 489 g/mol. The van der Waals surface area contributed by atoms with Gasteiger partial charge in [-0.05, 0) is 67.8 Å². The van der Waals surface area contributed by atoms with Gasteiger partial charge in [-0.1, -0.05) is 6.07 Å². The fraction of sp³-hybridized carbons (Fsp3) is 0.333. The zero-order valence-corrected chi connectivity index (χ0v) is 20.6. The number of rotatable bonds is 10. The minimum atomic E-state index is -0.379. The Morgan fingerprint density at radius 2 is 1.92 bits per heavy atom. The maximum Gasteiger partial charge on any atom is 0.262 e.